The van der Waals surface area contributed by atoms with Crippen LogP contribution in [-0.2, 0) is 4.79 Å². The summed E-state index contributed by atoms with van der Waals surface area (Å²) in [5.74, 6) is 1.63. The van der Waals surface area contributed by atoms with E-state index < -0.39 is 0 Å². The highest BCUT2D eigenvalue weighted by atomic mass is 16.1. The van der Waals surface area contributed by atoms with E-state index in [0.717, 1.165) is 12.8 Å². The molecular weight excluding hydrogens is 136 g/mol. The highest BCUT2D eigenvalue weighted by Crippen LogP contribution is 2.49. The van der Waals surface area contributed by atoms with E-state index in [2.05, 4.69) is 26.0 Å². The maximum atomic E-state index is 11.5. The Balaban J connectivity index is 2.32. The third-order valence-corrected chi connectivity index (χ3v) is 3.36. The number of hydrogen-bond acceptors (Lipinski definition) is 1. The Kier molecular flexibility index (Phi) is 1.26. The molecule has 0 aliphatic heterocycles. The van der Waals surface area contributed by atoms with Crippen molar-refractivity contribution in [3.8, 4) is 0 Å². The van der Waals surface area contributed by atoms with Crippen LogP contribution in [0.1, 0.15) is 26.7 Å². The van der Waals surface area contributed by atoms with Crippen molar-refractivity contribution in [3.05, 3.63) is 12.2 Å². The third-order valence-electron chi connectivity index (χ3n) is 3.36. The number of ketones is 1. The van der Waals surface area contributed by atoms with Gasteiger partial charge in [-0.05, 0) is 18.3 Å². The normalized spacial score (nSPS) is 39.6. The number of hydrogen-bond donors (Lipinski definition) is 0. The van der Waals surface area contributed by atoms with Crippen LogP contribution in [0.4, 0.5) is 0 Å². The van der Waals surface area contributed by atoms with Gasteiger partial charge in [-0.3, -0.25) is 4.79 Å². The maximum absolute atomic E-state index is 11.5. The van der Waals surface area contributed by atoms with Gasteiger partial charge in [-0.25, -0.2) is 0 Å². The fourth-order valence-electron chi connectivity index (χ4n) is 2.43. The molecule has 0 bridgehead atoms. The van der Waals surface area contributed by atoms with Gasteiger partial charge in [0.1, 0.15) is 5.78 Å². The molecule has 0 unspecified atom stereocenters. The second-order valence-corrected chi connectivity index (χ2v) is 4.28. The molecule has 0 aromatic rings. The van der Waals surface area contributed by atoms with Gasteiger partial charge in [-0.15, -0.1) is 0 Å². The summed E-state index contributed by atoms with van der Waals surface area (Å²) in [6, 6.07) is 0. The molecule has 0 radical (unpaired) electrons. The molecule has 0 aromatic heterocycles. The smallest absolute Gasteiger partial charge is 0.139 e. The van der Waals surface area contributed by atoms with E-state index in [4.69, 9.17) is 0 Å². The molecular formula is C10H14O. The van der Waals surface area contributed by atoms with Crippen LogP contribution in [0.5, 0.6) is 0 Å². The minimum absolute atomic E-state index is 0.0475. The zero-order valence-electron chi connectivity index (χ0n) is 7.13. The van der Waals surface area contributed by atoms with Crippen molar-refractivity contribution in [1.29, 1.82) is 0 Å². The summed E-state index contributed by atoms with van der Waals surface area (Å²) in [7, 11) is 0. The molecule has 0 amide bonds. The van der Waals surface area contributed by atoms with Crippen molar-refractivity contribution < 1.29 is 4.79 Å². The summed E-state index contributed by atoms with van der Waals surface area (Å²) in [4.78, 5) is 11.5. The highest BCUT2D eigenvalue weighted by Gasteiger charge is 2.48. The van der Waals surface area contributed by atoms with Gasteiger partial charge in [-0.2, -0.15) is 0 Å². The van der Waals surface area contributed by atoms with Gasteiger partial charge in [0.2, 0.25) is 0 Å². The van der Waals surface area contributed by atoms with Crippen LogP contribution in [0.25, 0.3) is 0 Å². The zero-order chi connectivity index (χ0) is 8.06. The van der Waals surface area contributed by atoms with Crippen LogP contribution in [-0.4, -0.2) is 5.78 Å². The number of carbonyl (C=O) groups is 1. The van der Waals surface area contributed by atoms with Crippen LogP contribution >= 0.6 is 0 Å². The lowest BCUT2D eigenvalue weighted by atomic mass is 9.79. The van der Waals surface area contributed by atoms with Crippen molar-refractivity contribution in [2.45, 2.75) is 26.7 Å². The fourth-order valence-corrected chi connectivity index (χ4v) is 2.43. The first-order chi connectivity index (χ1) is 5.12. The summed E-state index contributed by atoms with van der Waals surface area (Å²) >= 11 is 0. The number of allylic oxidation sites excluding steroid dienone is 2. The molecule has 1 fully saturated rings. The largest absolute Gasteiger partial charge is 0.299 e. The van der Waals surface area contributed by atoms with E-state index in [1.54, 1.807) is 0 Å². The topological polar surface area (TPSA) is 17.1 Å². The van der Waals surface area contributed by atoms with E-state index in [1.165, 1.54) is 0 Å². The quantitative estimate of drug-likeness (QED) is 0.484. The third kappa shape index (κ3) is 0.800. The summed E-state index contributed by atoms with van der Waals surface area (Å²) < 4.78 is 0. The van der Waals surface area contributed by atoms with Crippen molar-refractivity contribution in [2.24, 2.45) is 17.3 Å². The lowest BCUT2D eigenvalue weighted by Gasteiger charge is -2.23. The Bertz CT molecular complexity index is 225. The molecule has 2 atom stereocenters. The summed E-state index contributed by atoms with van der Waals surface area (Å²) in [6.45, 7) is 4.18. The number of carbonyl (C=O) groups excluding carboxylic acids is 1. The lowest BCUT2D eigenvalue weighted by molar-refractivity contribution is -0.125. The van der Waals surface area contributed by atoms with Crippen LogP contribution in [0.15, 0.2) is 12.2 Å². The van der Waals surface area contributed by atoms with Crippen molar-refractivity contribution in [1.82, 2.24) is 0 Å². The Morgan fingerprint density at radius 3 is 2.91 bits per heavy atom. The van der Waals surface area contributed by atoms with Gasteiger partial charge in [0.25, 0.3) is 0 Å². The lowest BCUT2D eigenvalue weighted by Crippen LogP contribution is -2.24. The van der Waals surface area contributed by atoms with Gasteiger partial charge < -0.3 is 0 Å². The van der Waals surface area contributed by atoms with Gasteiger partial charge in [0.05, 0.1) is 0 Å². The van der Waals surface area contributed by atoms with Crippen molar-refractivity contribution in [2.75, 3.05) is 0 Å². The van der Waals surface area contributed by atoms with Gasteiger partial charge in [0, 0.05) is 11.8 Å². The van der Waals surface area contributed by atoms with Gasteiger partial charge in [0.15, 0.2) is 0 Å². The zero-order valence-corrected chi connectivity index (χ0v) is 7.13. The number of Topliss-reactive ketones (excluding diaryl/α,β-unsaturated/α-hetero) is 1. The van der Waals surface area contributed by atoms with E-state index in [0.29, 0.717) is 17.6 Å². The molecule has 0 aromatic carbocycles. The molecule has 2 rings (SSSR count). The Labute approximate surface area is 67.5 Å². The molecule has 2 aliphatic carbocycles. The minimum atomic E-state index is -0.0475. The summed E-state index contributed by atoms with van der Waals surface area (Å²) in [5, 5.41) is 0. The molecule has 0 N–H and O–H groups in total. The van der Waals surface area contributed by atoms with Crippen LogP contribution in [0, 0.1) is 17.3 Å². The van der Waals surface area contributed by atoms with Gasteiger partial charge >= 0.3 is 0 Å². The monoisotopic (exact) mass is 150 g/mol. The molecule has 1 nitrogen and oxygen atoms in total. The fraction of sp³-hybridized carbons (Fsp3) is 0.700. The first-order valence-electron chi connectivity index (χ1n) is 4.32. The molecule has 0 spiro atoms. The van der Waals surface area contributed by atoms with Crippen LogP contribution in [0.3, 0.4) is 0 Å². The molecule has 11 heavy (non-hydrogen) atoms. The predicted octanol–water partition coefficient (Wildman–Crippen LogP) is 2.18. The van der Waals surface area contributed by atoms with Crippen LogP contribution in [0.2, 0.25) is 0 Å². The van der Waals surface area contributed by atoms with Crippen molar-refractivity contribution in [3.63, 3.8) is 0 Å². The molecule has 1 saturated carbocycles. The van der Waals surface area contributed by atoms with E-state index in [9.17, 15) is 4.79 Å². The molecule has 0 saturated heterocycles. The van der Waals surface area contributed by atoms with E-state index in [-0.39, 0.29) is 5.41 Å². The van der Waals surface area contributed by atoms with Gasteiger partial charge in [-0.1, -0.05) is 26.0 Å². The van der Waals surface area contributed by atoms with E-state index in [1.807, 2.05) is 0 Å². The average molecular weight is 150 g/mol. The standard InChI is InChI=1S/C10H14O/c1-10(2)8-5-3-4-7(8)6-9(10)11/h3-4,7-8H,5-6H2,1-2H3/t7-,8-/m1/s1. The highest BCUT2D eigenvalue weighted by molar-refractivity contribution is 5.87. The maximum Gasteiger partial charge on any atom is 0.139 e. The molecule has 60 valence electrons. The molecule has 1 heteroatoms. The first-order valence-corrected chi connectivity index (χ1v) is 4.32. The number of rotatable bonds is 0. The Morgan fingerprint density at radius 2 is 2.27 bits per heavy atom. The molecule has 0 heterocycles. The summed E-state index contributed by atoms with van der Waals surface area (Å²) in [5.41, 5.74) is -0.0475. The average Bonchev–Trinajstić information content (AvgIpc) is 2.41. The Morgan fingerprint density at radius 1 is 1.55 bits per heavy atom. The molecule has 2 aliphatic rings. The minimum Gasteiger partial charge on any atom is -0.299 e. The summed E-state index contributed by atoms with van der Waals surface area (Å²) in [6.07, 6.45) is 6.35. The predicted molar refractivity (Wildman–Crippen MR) is 44.1 cm³/mol. The van der Waals surface area contributed by atoms with Crippen LogP contribution < -0.4 is 0 Å². The second-order valence-electron chi connectivity index (χ2n) is 4.28. The Hall–Kier alpha value is -0.590. The van der Waals surface area contributed by atoms with E-state index >= 15 is 0 Å². The van der Waals surface area contributed by atoms with Crippen molar-refractivity contribution >= 4 is 5.78 Å². The first kappa shape index (κ1) is 7.08. The number of fused-ring (bicyclic) bond motifs is 1. The SMILES string of the molecule is CC1(C)C(=O)C[C@H]2C=CC[C@H]21. The second kappa shape index (κ2) is 1.96.